The monoisotopic (exact) mass is 356 g/mol. The number of fused-ring (bicyclic) bond motifs is 1. The number of rotatable bonds is 3. The number of carbonyl (C=O) groups is 1. The number of hydrogen-bond acceptors (Lipinski definition) is 4. The Balaban J connectivity index is 1.68. The third-order valence-electron chi connectivity index (χ3n) is 7.67. The molecule has 2 saturated carbocycles. The van der Waals surface area contributed by atoms with Gasteiger partial charge in [-0.25, -0.2) is 0 Å². The van der Waals surface area contributed by atoms with E-state index in [9.17, 15) is 15.0 Å². The Morgan fingerprint density at radius 2 is 2.00 bits per heavy atom. The fraction of sp³-hybridized carbons (Fsp3) is 0.667. The number of nitrogens with two attached hydrogens (primary N) is 1. The molecule has 140 valence electrons. The van der Waals surface area contributed by atoms with Gasteiger partial charge in [0.2, 0.25) is 0 Å². The van der Waals surface area contributed by atoms with Crippen LogP contribution in [0.25, 0.3) is 0 Å². The minimum Gasteiger partial charge on any atom is -0.507 e. The van der Waals surface area contributed by atoms with Crippen LogP contribution in [-0.4, -0.2) is 45.8 Å². The quantitative estimate of drug-likeness (QED) is 0.774. The number of likely N-dealkylation sites (tertiary alicyclic amines) is 1. The topological polar surface area (TPSA) is 86.8 Å². The third-order valence-corrected chi connectivity index (χ3v) is 7.67. The molecular weight excluding hydrogens is 328 g/mol. The summed E-state index contributed by atoms with van der Waals surface area (Å²) < 4.78 is 0. The normalized spacial score (nSPS) is 36.3. The summed E-state index contributed by atoms with van der Waals surface area (Å²) in [4.78, 5) is 14.3. The number of piperidine rings is 1. The molecule has 3 aliphatic carbocycles. The van der Waals surface area contributed by atoms with Gasteiger partial charge in [-0.15, -0.1) is 0 Å². The van der Waals surface area contributed by atoms with E-state index >= 15 is 0 Å². The third kappa shape index (κ3) is 2.07. The van der Waals surface area contributed by atoms with Crippen molar-refractivity contribution in [1.82, 2.24) is 4.90 Å². The van der Waals surface area contributed by atoms with E-state index in [0.29, 0.717) is 0 Å². The SMILES string of the molecule is NC(=O)c1ccc2c(c1O)C13CCCCC1(O)C(C2)N(CC1CC1)CC3. The first kappa shape index (κ1) is 16.6. The molecule has 1 aromatic rings. The zero-order valence-electron chi connectivity index (χ0n) is 15.2. The number of aromatic hydroxyl groups is 1. The van der Waals surface area contributed by atoms with Crippen LogP contribution in [0.2, 0.25) is 0 Å². The number of benzene rings is 1. The van der Waals surface area contributed by atoms with Crippen molar-refractivity contribution in [1.29, 1.82) is 0 Å². The van der Waals surface area contributed by atoms with Gasteiger partial charge in [-0.05, 0) is 62.6 Å². The summed E-state index contributed by atoms with van der Waals surface area (Å²) in [6.07, 6.45) is 7.94. The van der Waals surface area contributed by atoms with Crippen molar-refractivity contribution in [2.75, 3.05) is 13.1 Å². The maximum absolute atomic E-state index is 12.0. The second-order valence-corrected chi connectivity index (χ2v) is 8.98. The highest BCUT2D eigenvalue weighted by atomic mass is 16.3. The van der Waals surface area contributed by atoms with Crippen molar-refractivity contribution in [3.8, 4) is 5.75 Å². The molecule has 0 spiro atoms. The van der Waals surface area contributed by atoms with Crippen LogP contribution >= 0.6 is 0 Å². The largest absolute Gasteiger partial charge is 0.507 e. The number of aliphatic hydroxyl groups is 1. The average molecular weight is 356 g/mol. The molecule has 0 aromatic heterocycles. The van der Waals surface area contributed by atoms with Crippen molar-refractivity contribution >= 4 is 5.91 Å². The predicted octanol–water partition coefficient (Wildman–Crippen LogP) is 2.07. The predicted molar refractivity (Wildman–Crippen MR) is 98.1 cm³/mol. The Hall–Kier alpha value is -1.59. The van der Waals surface area contributed by atoms with Gasteiger partial charge in [0.15, 0.2) is 0 Å². The van der Waals surface area contributed by atoms with Crippen LogP contribution in [0.1, 0.15) is 66.4 Å². The fourth-order valence-corrected chi connectivity index (χ4v) is 6.26. The van der Waals surface area contributed by atoms with E-state index < -0.39 is 16.9 Å². The summed E-state index contributed by atoms with van der Waals surface area (Å²) in [5, 5.41) is 23.0. The van der Waals surface area contributed by atoms with E-state index in [1.54, 1.807) is 6.07 Å². The second kappa shape index (κ2) is 5.46. The average Bonchev–Trinajstić information content (AvgIpc) is 3.41. The zero-order chi connectivity index (χ0) is 18.1. The number of phenols is 1. The second-order valence-electron chi connectivity index (χ2n) is 8.98. The Morgan fingerprint density at radius 3 is 2.73 bits per heavy atom. The smallest absolute Gasteiger partial charge is 0.252 e. The molecule has 5 nitrogen and oxygen atoms in total. The lowest BCUT2D eigenvalue weighted by Crippen LogP contribution is -2.72. The highest BCUT2D eigenvalue weighted by molar-refractivity contribution is 5.96. The molecule has 5 rings (SSSR count). The summed E-state index contributed by atoms with van der Waals surface area (Å²) in [5.74, 6) is 0.209. The molecule has 26 heavy (non-hydrogen) atoms. The van der Waals surface area contributed by atoms with Gasteiger partial charge in [0.1, 0.15) is 5.75 Å². The molecule has 1 amide bonds. The number of amides is 1. The minimum atomic E-state index is -0.820. The summed E-state index contributed by atoms with van der Waals surface area (Å²) in [7, 11) is 0. The number of carbonyl (C=O) groups excluding carboxylic acids is 1. The Bertz CT molecular complexity index is 775. The minimum absolute atomic E-state index is 0.0180. The first-order valence-electron chi connectivity index (χ1n) is 10.1. The van der Waals surface area contributed by atoms with Crippen LogP contribution < -0.4 is 5.73 Å². The van der Waals surface area contributed by atoms with Crippen LogP contribution in [0.3, 0.4) is 0 Å². The lowest BCUT2D eigenvalue weighted by Gasteiger charge is -2.64. The molecule has 1 heterocycles. The molecule has 1 aromatic carbocycles. The van der Waals surface area contributed by atoms with Crippen molar-refractivity contribution in [2.45, 2.75) is 68.4 Å². The van der Waals surface area contributed by atoms with E-state index in [0.717, 1.165) is 68.7 Å². The number of nitrogens with zero attached hydrogens (tertiary/aromatic N) is 1. The summed E-state index contributed by atoms with van der Waals surface area (Å²) in [6.45, 7) is 2.05. The number of hydrogen-bond donors (Lipinski definition) is 3. The first-order chi connectivity index (χ1) is 12.5. The van der Waals surface area contributed by atoms with Gasteiger partial charge in [0.25, 0.3) is 5.91 Å². The van der Waals surface area contributed by atoms with E-state index in [1.807, 2.05) is 6.07 Å². The van der Waals surface area contributed by atoms with E-state index in [1.165, 1.54) is 12.8 Å². The van der Waals surface area contributed by atoms with E-state index in [-0.39, 0.29) is 17.4 Å². The molecule has 1 saturated heterocycles. The van der Waals surface area contributed by atoms with Gasteiger partial charge < -0.3 is 15.9 Å². The molecule has 5 heteroatoms. The van der Waals surface area contributed by atoms with Gasteiger partial charge in [-0.2, -0.15) is 0 Å². The van der Waals surface area contributed by atoms with Crippen LogP contribution in [-0.2, 0) is 11.8 Å². The first-order valence-corrected chi connectivity index (χ1v) is 10.1. The van der Waals surface area contributed by atoms with Gasteiger partial charge in [0, 0.05) is 23.6 Å². The molecule has 3 atom stereocenters. The van der Waals surface area contributed by atoms with Crippen molar-refractivity contribution in [3.63, 3.8) is 0 Å². The fourth-order valence-electron chi connectivity index (χ4n) is 6.26. The van der Waals surface area contributed by atoms with Gasteiger partial charge >= 0.3 is 0 Å². The van der Waals surface area contributed by atoms with E-state index in [2.05, 4.69) is 4.90 Å². The molecule has 4 N–H and O–H groups in total. The molecule has 0 radical (unpaired) electrons. The molecule has 4 aliphatic rings. The summed E-state index contributed by atoms with van der Waals surface area (Å²) >= 11 is 0. The molecule has 3 unspecified atom stereocenters. The Morgan fingerprint density at radius 1 is 1.23 bits per heavy atom. The highest BCUT2D eigenvalue weighted by Crippen LogP contribution is 2.60. The van der Waals surface area contributed by atoms with Crippen molar-refractivity contribution in [3.05, 3.63) is 28.8 Å². The van der Waals surface area contributed by atoms with Crippen LogP contribution in [0.15, 0.2) is 12.1 Å². The van der Waals surface area contributed by atoms with Crippen molar-refractivity contribution < 1.29 is 15.0 Å². The maximum Gasteiger partial charge on any atom is 0.252 e. The van der Waals surface area contributed by atoms with Gasteiger partial charge in [-0.1, -0.05) is 18.9 Å². The number of primary amides is 1. The van der Waals surface area contributed by atoms with Gasteiger partial charge in [-0.3, -0.25) is 9.69 Å². The summed E-state index contributed by atoms with van der Waals surface area (Å²) in [6, 6.07) is 3.73. The highest BCUT2D eigenvalue weighted by Gasteiger charge is 2.64. The van der Waals surface area contributed by atoms with Crippen LogP contribution in [0.5, 0.6) is 5.75 Å². The molecule has 3 fully saturated rings. The maximum atomic E-state index is 12.0. The van der Waals surface area contributed by atoms with Gasteiger partial charge in [0.05, 0.1) is 11.2 Å². The zero-order valence-corrected chi connectivity index (χ0v) is 15.2. The van der Waals surface area contributed by atoms with Crippen LogP contribution in [0, 0.1) is 5.92 Å². The molecular formula is C21H28N2O3. The Kier molecular flexibility index (Phi) is 3.48. The lowest BCUT2D eigenvalue weighted by molar-refractivity contribution is -0.167. The molecule has 2 bridgehead atoms. The lowest BCUT2D eigenvalue weighted by atomic mass is 9.49. The molecule has 1 aliphatic heterocycles. The van der Waals surface area contributed by atoms with Crippen LogP contribution in [0.4, 0.5) is 0 Å². The Labute approximate surface area is 154 Å². The van der Waals surface area contributed by atoms with Crippen molar-refractivity contribution in [2.24, 2.45) is 11.7 Å². The standard InChI is InChI=1S/C21H28N2O3/c22-19(25)15-6-5-14-11-16-21(26)8-2-1-7-20(21,17(14)18(15)24)9-10-23(16)12-13-3-4-13/h5-6,13,16,24,26H,1-4,7-12H2,(H2,22,25). The van der Waals surface area contributed by atoms with E-state index in [4.69, 9.17) is 5.73 Å². The summed E-state index contributed by atoms with van der Waals surface area (Å²) in [5.41, 5.74) is 6.31.